The van der Waals surface area contributed by atoms with Crippen molar-refractivity contribution < 1.29 is 5.11 Å². The number of hydrogen-bond acceptors (Lipinski definition) is 1. The van der Waals surface area contributed by atoms with E-state index in [0.29, 0.717) is 0 Å². The normalized spacial score (nSPS) is 12.4. The Morgan fingerprint density at radius 2 is 1.65 bits per heavy atom. The van der Waals surface area contributed by atoms with Crippen molar-refractivity contribution in [3.8, 4) is 0 Å². The molecule has 0 saturated carbocycles. The van der Waals surface area contributed by atoms with Crippen LogP contribution in [0.3, 0.4) is 0 Å². The lowest BCUT2D eigenvalue weighted by Gasteiger charge is -2.14. The van der Waals surface area contributed by atoms with Gasteiger partial charge in [-0.2, -0.15) is 0 Å². The van der Waals surface area contributed by atoms with Gasteiger partial charge in [-0.15, -0.1) is 0 Å². The van der Waals surface area contributed by atoms with E-state index in [1.165, 1.54) is 5.56 Å². The van der Waals surface area contributed by atoms with Crippen LogP contribution in [-0.4, -0.2) is 5.11 Å². The number of rotatable bonds is 3. The molecule has 1 nitrogen and oxygen atoms in total. The van der Waals surface area contributed by atoms with Crippen molar-refractivity contribution in [2.45, 2.75) is 26.4 Å². The summed E-state index contributed by atoms with van der Waals surface area (Å²) in [7, 11) is 0. The molecule has 0 heterocycles. The molecule has 0 aliphatic carbocycles. The van der Waals surface area contributed by atoms with Crippen LogP contribution in [0.1, 0.15) is 35.3 Å². The summed E-state index contributed by atoms with van der Waals surface area (Å²) in [5, 5.41) is 10.3. The van der Waals surface area contributed by atoms with Crippen LogP contribution in [0.15, 0.2) is 48.5 Å². The first-order chi connectivity index (χ1) is 8.22. The molecule has 2 aromatic carbocycles. The predicted octanol–water partition coefficient (Wildman–Crippen LogP) is 3.64. The van der Waals surface area contributed by atoms with Crippen LogP contribution in [0.2, 0.25) is 0 Å². The van der Waals surface area contributed by atoms with E-state index in [9.17, 15) is 5.11 Å². The minimum Gasteiger partial charge on any atom is -0.384 e. The highest BCUT2D eigenvalue weighted by Gasteiger charge is 2.11. The molecule has 88 valence electrons. The summed E-state index contributed by atoms with van der Waals surface area (Å²) < 4.78 is 0. The van der Waals surface area contributed by atoms with E-state index in [1.807, 2.05) is 43.3 Å². The number of aliphatic hydroxyl groups excluding tert-OH is 1. The third-order valence-corrected chi connectivity index (χ3v) is 3.19. The van der Waals surface area contributed by atoms with Crippen LogP contribution < -0.4 is 0 Å². The smallest absolute Gasteiger partial charge is 0.104 e. The van der Waals surface area contributed by atoms with E-state index < -0.39 is 6.10 Å². The molecule has 0 unspecified atom stereocenters. The Morgan fingerprint density at radius 1 is 1.00 bits per heavy atom. The summed E-state index contributed by atoms with van der Waals surface area (Å²) in [4.78, 5) is 0. The Morgan fingerprint density at radius 3 is 2.24 bits per heavy atom. The van der Waals surface area contributed by atoms with Crippen molar-refractivity contribution in [3.05, 3.63) is 70.8 Å². The third kappa shape index (κ3) is 2.56. The summed E-state index contributed by atoms with van der Waals surface area (Å²) in [6.45, 7) is 4.16. The lowest BCUT2D eigenvalue weighted by Crippen LogP contribution is -2.01. The van der Waals surface area contributed by atoms with Gasteiger partial charge in [0.1, 0.15) is 6.10 Å². The van der Waals surface area contributed by atoms with Crippen LogP contribution in [0.25, 0.3) is 0 Å². The van der Waals surface area contributed by atoms with Crippen molar-refractivity contribution in [1.82, 2.24) is 0 Å². The monoisotopic (exact) mass is 226 g/mol. The minimum absolute atomic E-state index is 0.526. The molecule has 2 aromatic rings. The maximum absolute atomic E-state index is 10.3. The van der Waals surface area contributed by atoms with Gasteiger partial charge in [-0.3, -0.25) is 0 Å². The van der Waals surface area contributed by atoms with Crippen LogP contribution in [0, 0.1) is 6.92 Å². The third-order valence-electron chi connectivity index (χ3n) is 3.19. The van der Waals surface area contributed by atoms with E-state index in [0.717, 1.165) is 23.1 Å². The fraction of sp³-hybridized carbons (Fsp3) is 0.250. The first-order valence-corrected chi connectivity index (χ1v) is 6.04. The van der Waals surface area contributed by atoms with Crippen molar-refractivity contribution in [2.75, 3.05) is 0 Å². The Kier molecular flexibility index (Phi) is 3.60. The zero-order valence-corrected chi connectivity index (χ0v) is 10.4. The maximum atomic E-state index is 10.3. The van der Waals surface area contributed by atoms with E-state index in [2.05, 4.69) is 19.1 Å². The number of hydrogen-bond donors (Lipinski definition) is 1. The fourth-order valence-corrected chi connectivity index (χ4v) is 2.01. The van der Waals surface area contributed by atoms with E-state index in [4.69, 9.17) is 0 Å². The summed E-state index contributed by atoms with van der Waals surface area (Å²) in [6.07, 6.45) is 0.503. The average Bonchev–Trinajstić information content (AvgIpc) is 2.39. The van der Waals surface area contributed by atoms with E-state index in [1.54, 1.807) is 0 Å². The molecule has 1 atom stereocenters. The second-order valence-electron chi connectivity index (χ2n) is 4.35. The highest BCUT2D eigenvalue weighted by Crippen LogP contribution is 2.24. The van der Waals surface area contributed by atoms with Gasteiger partial charge < -0.3 is 5.11 Å². The fourth-order valence-electron chi connectivity index (χ4n) is 2.01. The summed E-state index contributed by atoms with van der Waals surface area (Å²) in [5.74, 6) is 0. The minimum atomic E-state index is -0.526. The Labute approximate surface area is 103 Å². The molecule has 2 rings (SSSR count). The summed E-state index contributed by atoms with van der Waals surface area (Å²) >= 11 is 0. The molecule has 1 heteroatoms. The largest absolute Gasteiger partial charge is 0.384 e. The van der Waals surface area contributed by atoms with Crippen molar-refractivity contribution >= 4 is 0 Å². The molecule has 0 aliphatic rings. The van der Waals surface area contributed by atoms with Gasteiger partial charge in [0.05, 0.1) is 0 Å². The van der Waals surface area contributed by atoms with Gasteiger partial charge >= 0.3 is 0 Å². The Hall–Kier alpha value is -1.60. The van der Waals surface area contributed by atoms with Crippen molar-refractivity contribution in [2.24, 2.45) is 0 Å². The molecule has 0 saturated heterocycles. The Bertz CT molecular complexity index is 485. The number of aliphatic hydroxyl groups is 1. The van der Waals surface area contributed by atoms with Crippen LogP contribution >= 0.6 is 0 Å². The molecule has 0 fully saturated rings. The molecule has 0 bridgehead atoms. The zero-order valence-electron chi connectivity index (χ0n) is 10.4. The molecule has 0 aromatic heterocycles. The topological polar surface area (TPSA) is 20.2 Å². The van der Waals surface area contributed by atoms with Crippen molar-refractivity contribution in [1.29, 1.82) is 0 Å². The van der Waals surface area contributed by atoms with Crippen molar-refractivity contribution in [3.63, 3.8) is 0 Å². The molecule has 17 heavy (non-hydrogen) atoms. The average molecular weight is 226 g/mol. The standard InChI is InChI=1S/C16H18O/c1-3-13-8-10-14(11-9-13)16(17)15-7-5-4-6-12(15)2/h4-11,16-17H,3H2,1-2H3/t16-/m1/s1. The number of aryl methyl sites for hydroxylation is 2. The van der Waals surface area contributed by atoms with Gasteiger partial charge in [0.25, 0.3) is 0 Å². The second-order valence-corrected chi connectivity index (χ2v) is 4.35. The molecule has 0 aliphatic heterocycles. The molecule has 0 radical (unpaired) electrons. The predicted molar refractivity (Wildman–Crippen MR) is 71.1 cm³/mol. The lowest BCUT2D eigenvalue weighted by atomic mass is 9.96. The zero-order chi connectivity index (χ0) is 12.3. The summed E-state index contributed by atoms with van der Waals surface area (Å²) in [6, 6.07) is 16.1. The van der Waals surface area contributed by atoms with Gasteiger partial charge in [0.15, 0.2) is 0 Å². The highest BCUT2D eigenvalue weighted by atomic mass is 16.3. The second kappa shape index (κ2) is 5.15. The first-order valence-electron chi connectivity index (χ1n) is 6.04. The van der Waals surface area contributed by atoms with Crippen LogP contribution in [-0.2, 0) is 6.42 Å². The van der Waals surface area contributed by atoms with E-state index >= 15 is 0 Å². The molecule has 1 N–H and O–H groups in total. The molecular formula is C16H18O. The van der Waals surface area contributed by atoms with Crippen LogP contribution in [0.5, 0.6) is 0 Å². The Balaban J connectivity index is 2.30. The van der Waals surface area contributed by atoms with Gasteiger partial charge in [-0.05, 0) is 35.6 Å². The van der Waals surface area contributed by atoms with Crippen LogP contribution in [0.4, 0.5) is 0 Å². The SMILES string of the molecule is CCc1ccc([C@@H](O)c2ccccc2C)cc1. The van der Waals surface area contributed by atoms with Gasteiger partial charge in [-0.25, -0.2) is 0 Å². The van der Waals surface area contributed by atoms with Gasteiger partial charge in [0.2, 0.25) is 0 Å². The molecule has 0 spiro atoms. The summed E-state index contributed by atoms with van der Waals surface area (Å²) in [5.41, 5.74) is 4.36. The van der Waals surface area contributed by atoms with Gasteiger partial charge in [-0.1, -0.05) is 55.5 Å². The highest BCUT2D eigenvalue weighted by molar-refractivity contribution is 5.36. The molecule has 0 amide bonds. The van der Waals surface area contributed by atoms with Gasteiger partial charge in [0, 0.05) is 0 Å². The first kappa shape index (κ1) is 11.9. The lowest BCUT2D eigenvalue weighted by molar-refractivity contribution is 0.219. The maximum Gasteiger partial charge on any atom is 0.104 e. The van der Waals surface area contributed by atoms with E-state index in [-0.39, 0.29) is 0 Å². The molecular weight excluding hydrogens is 208 g/mol. The quantitative estimate of drug-likeness (QED) is 0.847. The number of benzene rings is 2.